The van der Waals surface area contributed by atoms with Gasteiger partial charge < -0.3 is 14.5 Å². The van der Waals surface area contributed by atoms with Crippen LogP contribution in [0.15, 0.2) is 24.3 Å². The molecule has 5 nitrogen and oxygen atoms in total. The van der Waals surface area contributed by atoms with Crippen LogP contribution < -0.4 is 4.74 Å². The van der Waals surface area contributed by atoms with Gasteiger partial charge in [-0.2, -0.15) is 0 Å². The Labute approximate surface area is 162 Å². The topological polar surface area (TPSA) is 49.9 Å². The summed E-state index contributed by atoms with van der Waals surface area (Å²) in [6.45, 7) is 5.83. The monoisotopic (exact) mass is 372 g/mol. The summed E-state index contributed by atoms with van der Waals surface area (Å²) in [6, 6.07) is 7.93. The van der Waals surface area contributed by atoms with E-state index in [-0.39, 0.29) is 11.8 Å². The molecule has 0 radical (unpaired) electrons. The number of aryl methyl sites for hydroxylation is 1. The average molecular weight is 373 g/mol. The highest BCUT2D eigenvalue weighted by molar-refractivity contribution is 5.80. The standard InChI is InChI=1S/C22H32N2O3/c1-2-27-20-9-5-4-8-18(20)10-11-21(25)23-16-12-19(13-17-23)22(26)24-14-6-3-7-15-24/h4-5,8-9,19H,2-3,6-7,10-17H2,1H3. The second-order valence-electron chi connectivity index (χ2n) is 7.58. The highest BCUT2D eigenvalue weighted by Crippen LogP contribution is 2.24. The molecule has 5 heteroatoms. The largest absolute Gasteiger partial charge is 0.494 e. The molecule has 0 bridgehead atoms. The van der Waals surface area contributed by atoms with Crippen LogP contribution in [0, 0.1) is 5.92 Å². The number of piperidine rings is 2. The highest BCUT2D eigenvalue weighted by Gasteiger charge is 2.30. The van der Waals surface area contributed by atoms with E-state index in [9.17, 15) is 9.59 Å². The summed E-state index contributed by atoms with van der Waals surface area (Å²) in [5, 5.41) is 0. The summed E-state index contributed by atoms with van der Waals surface area (Å²) in [5.41, 5.74) is 1.09. The fourth-order valence-electron chi connectivity index (χ4n) is 4.15. The number of carbonyl (C=O) groups excluding carboxylic acids is 2. The van der Waals surface area contributed by atoms with Crippen molar-refractivity contribution in [1.82, 2.24) is 9.80 Å². The molecular formula is C22H32N2O3. The molecule has 148 valence electrons. The van der Waals surface area contributed by atoms with Gasteiger partial charge in [0.1, 0.15) is 5.75 Å². The van der Waals surface area contributed by atoms with E-state index in [2.05, 4.69) is 0 Å². The van der Waals surface area contributed by atoms with Gasteiger partial charge in [-0.05, 0) is 57.1 Å². The van der Waals surface area contributed by atoms with Crippen LogP contribution in [0.3, 0.4) is 0 Å². The van der Waals surface area contributed by atoms with Crippen molar-refractivity contribution >= 4 is 11.8 Å². The van der Waals surface area contributed by atoms with Gasteiger partial charge in [0.2, 0.25) is 11.8 Å². The number of carbonyl (C=O) groups is 2. The lowest BCUT2D eigenvalue weighted by molar-refractivity contribution is -0.141. The SMILES string of the molecule is CCOc1ccccc1CCC(=O)N1CCC(C(=O)N2CCCCC2)CC1. The van der Waals surface area contributed by atoms with E-state index < -0.39 is 0 Å². The maximum atomic E-state index is 12.6. The van der Waals surface area contributed by atoms with Gasteiger partial charge in [-0.3, -0.25) is 9.59 Å². The lowest BCUT2D eigenvalue weighted by atomic mass is 9.94. The van der Waals surface area contributed by atoms with Gasteiger partial charge in [0.25, 0.3) is 0 Å². The molecule has 2 saturated heterocycles. The average Bonchev–Trinajstić information content (AvgIpc) is 2.73. The van der Waals surface area contributed by atoms with Crippen LogP contribution in [0.2, 0.25) is 0 Å². The van der Waals surface area contributed by atoms with Crippen LogP contribution in [0.4, 0.5) is 0 Å². The summed E-state index contributed by atoms with van der Waals surface area (Å²) in [7, 11) is 0. The molecule has 0 N–H and O–H groups in total. The Morgan fingerprint density at radius 1 is 1.00 bits per heavy atom. The normalized spacial score (nSPS) is 18.4. The van der Waals surface area contributed by atoms with Crippen LogP contribution in [-0.4, -0.2) is 54.4 Å². The van der Waals surface area contributed by atoms with Crippen molar-refractivity contribution in [1.29, 1.82) is 0 Å². The van der Waals surface area contributed by atoms with Crippen molar-refractivity contribution in [2.24, 2.45) is 5.92 Å². The number of hydrogen-bond acceptors (Lipinski definition) is 3. The molecule has 0 saturated carbocycles. The van der Waals surface area contributed by atoms with Crippen LogP contribution in [0.1, 0.15) is 51.0 Å². The molecule has 3 rings (SSSR count). The molecule has 2 fully saturated rings. The van der Waals surface area contributed by atoms with Crippen molar-refractivity contribution in [2.45, 2.75) is 51.9 Å². The number of hydrogen-bond donors (Lipinski definition) is 0. The maximum absolute atomic E-state index is 12.6. The molecule has 0 unspecified atom stereocenters. The molecule has 2 aliphatic heterocycles. The predicted octanol–water partition coefficient (Wildman–Crippen LogP) is 3.27. The van der Waals surface area contributed by atoms with E-state index in [1.54, 1.807) is 0 Å². The number of rotatable bonds is 6. The predicted molar refractivity (Wildman–Crippen MR) is 106 cm³/mol. The third-order valence-corrected chi connectivity index (χ3v) is 5.75. The van der Waals surface area contributed by atoms with E-state index in [1.807, 2.05) is 41.0 Å². The first-order valence-electron chi connectivity index (χ1n) is 10.5. The van der Waals surface area contributed by atoms with Crippen molar-refractivity contribution in [2.75, 3.05) is 32.8 Å². The smallest absolute Gasteiger partial charge is 0.225 e. The molecule has 0 spiro atoms. The summed E-state index contributed by atoms with van der Waals surface area (Å²) in [5.74, 6) is 1.47. The Hall–Kier alpha value is -2.04. The molecule has 27 heavy (non-hydrogen) atoms. The zero-order valence-electron chi connectivity index (χ0n) is 16.5. The van der Waals surface area contributed by atoms with Crippen LogP contribution in [0.25, 0.3) is 0 Å². The van der Waals surface area contributed by atoms with E-state index in [0.29, 0.717) is 38.4 Å². The van der Waals surface area contributed by atoms with E-state index >= 15 is 0 Å². The Bertz CT molecular complexity index is 632. The molecule has 2 amide bonds. The molecule has 0 aromatic heterocycles. The van der Waals surface area contributed by atoms with E-state index in [1.165, 1.54) is 6.42 Å². The van der Waals surface area contributed by atoms with Gasteiger partial charge in [-0.15, -0.1) is 0 Å². The molecule has 0 aliphatic carbocycles. The quantitative estimate of drug-likeness (QED) is 0.770. The number of benzene rings is 1. The Kier molecular flexibility index (Phi) is 7.13. The number of para-hydroxylation sites is 1. The second-order valence-corrected chi connectivity index (χ2v) is 7.58. The van der Waals surface area contributed by atoms with Crippen molar-refractivity contribution in [3.8, 4) is 5.75 Å². The van der Waals surface area contributed by atoms with E-state index in [4.69, 9.17) is 4.74 Å². The van der Waals surface area contributed by atoms with Crippen LogP contribution >= 0.6 is 0 Å². The third-order valence-electron chi connectivity index (χ3n) is 5.75. The highest BCUT2D eigenvalue weighted by atomic mass is 16.5. The lowest BCUT2D eigenvalue weighted by Crippen LogP contribution is -2.45. The van der Waals surface area contributed by atoms with E-state index in [0.717, 1.165) is 50.1 Å². The molecular weight excluding hydrogens is 340 g/mol. The van der Waals surface area contributed by atoms with Gasteiger partial charge in [0.05, 0.1) is 6.61 Å². The third kappa shape index (κ3) is 5.24. The fourth-order valence-corrected chi connectivity index (χ4v) is 4.15. The van der Waals surface area contributed by atoms with Gasteiger partial charge in [-0.1, -0.05) is 18.2 Å². The van der Waals surface area contributed by atoms with Gasteiger partial charge in [0.15, 0.2) is 0 Å². The minimum absolute atomic E-state index is 0.103. The van der Waals surface area contributed by atoms with Gasteiger partial charge >= 0.3 is 0 Å². The molecule has 0 atom stereocenters. The van der Waals surface area contributed by atoms with Crippen molar-refractivity contribution in [3.05, 3.63) is 29.8 Å². The molecule has 2 heterocycles. The molecule has 1 aromatic rings. The first kappa shape index (κ1) is 19.7. The zero-order chi connectivity index (χ0) is 19.1. The Morgan fingerprint density at radius 2 is 1.70 bits per heavy atom. The molecule has 2 aliphatic rings. The van der Waals surface area contributed by atoms with Gasteiger partial charge in [-0.25, -0.2) is 0 Å². The van der Waals surface area contributed by atoms with Crippen molar-refractivity contribution < 1.29 is 14.3 Å². The minimum atomic E-state index is 0.103. The summed E-state index contributed by atoms with van der Waals surface area (Å²) >= 11 is 0. The minimum Gasteiger partial charge on any atom is -0.494 e. The summed E-state index contributed by atoms with van der Waals surface area (Å²) in [6.07, 6.45) is 6.30. The first-order valence-corrected chi connectivity index (χ1v) is 10.5. The fraction of sp³-hybridized carbons (Fsp3) is 0.636. The zero-order valence-corrected chi connectivity index (χ0v) is 16.5. The summed E-state index contributed by atoms with van der Waals surface area (Å²) in [4.78, 5) is 29.2. The number of ether oxygens (including phenoxy) is 1. The Balaban J connectivity index is 1.45. The first-order chi connectivity index (χ1) is 13.2. The van der Waals surface area contributed by atoms with Gasteiger partial charge in [0, 0.05) is 38.5 Å². The number of nitrogens with zero attached hydrogens (tertiary/aromatic N) is 2. The number of likely N-dealkylation sites (tertiary alicyclic amines) is 2. The van der Waals surface area contributed by atoms with Crippen molar-refractivity contribution in [3.63, 3.8) is 0 Å². The molecule has 1 aromatic carbocycles. The Morgan fingerprint density at radius 3 is 2.41 bits per heavy atom. The van der Waals surface area contributed by atoms with Crippen LogP contribution in [0.5, 0.6) is 5.75 Å². The van der Waals surface area contributed by atoms with Crippen LogP contribution in [-0.2, 0) is 16.0 Å². The summed E-state index contributed by atoms with van der Waals surface area (Å²) < 4.78 is 5.65. The maximum Gasteiger partial charge on any atom is 0.225 e. The second kappa shape index (κ2) is 9.77. The lowest BCUT2D eigenvalue weighted by Gasteiger charge is -2.35. The number of amides is 2.